The highest BCUT2D eigenvalue weighted by Crippen LogP contribution is 2.77. The van der Waals surface area contributed by atoms with Crippen molar-refractivity contribution in [1.29, 1.82) is 0 Å². The third kappa shape index (κ3) is 0.302. The minimum atomic E-state index is 1.24. The van der Waals surface area contributed by atoms with Gasteiger partial charge in [0.05, 0.1) is 0 Å². The quantitative estimate of drug-likeness (QED) is 0.477. The van der Waals surface area contributed by atoms with Gasteiger partial charge in [0, 0.05) is 0 Å². The van der Waals surface area contributed by atoms with E-state index in [9.17, 15) is 0 Å². The molecule has 0 heterocycles. The average Bonchev–Trinajstić information content (AvgIpc) is 2.28. The summed E-state index contributed by atoms with van der Waals surface area (Å²) in [6, 6.07) is 0. The summed E-state index contributed by atoms with van der Waals surface area (Å²) in [5, 5.41) is 0. The minimum absolute atomic E-state index is 1.24. The molecule has 0 saturated heterocycles. The van der Waals surface area contributed by atoms with E-state index < -0.39 is 0 Å². The maximum absolute atomic E-state index is 1.62. The molecule has 5 atom stereocenters. The van der Waals surface area contributed by atoms with Crippen molar-refractivity contribution in [3.63, 3.8) is 0 Å². The van der Waals surface area contributed by atoms with E-state index in [1.807, 2.05) is 0 Å². The van der Waals surface area contributed by atoms with Crippen molar-refractivity contribution in [3.8, 4) is 0 Å². The molecule has 54 valence electrons. The van der Waals surface area contributed by atoms with E-state index in [4.69, 9.17) is 0 Å². The van der Waals surface area contributed by atoms with Gasteiger partial charge in [-0.1, -0.05) is 0 Å². The number of hydrogen-bond acceptors (Lipinski definition) is 0. The van der Waals surface area contributed by atoms with Gasteiger partial charge in [-0.15, -0.1) is 0 Å². The van der Waals surface area contributed by atoms with Gasteiger partial charge in [-0.2, -0.15) is 0 Å². The summed E-state index contributed by atoms with van der Waals surface area (Å²) in [7, 11) is 0. The van der Waals surface area contributed by atoms with E-state index in [1.54, 1.807) is 25.7 Å². The van der Waals surface area contributed by atoms with Crippen LogP contribution in [0.1, 0.15) is 25.7 Å². The summed E-state index contributed by atoms with van der Waals surface area (Å²) < 4.78 is 0. The number of rotatable bonds is 0. The first-order chi connectivity index (χ1) is 4.97. The zero-order valence-electron chi connectivity index (χ0n) is 6.29. The van der Waals surface area contributed by atoms with Gasteiger partial charge in [-0.3, -0.25) is 0 Å². The summed E-state index contributed by atoms with van der Waals surface area (Å²) in [6.45, 7) is 0. The van der Waals surface area contributed by atoms with Crippen molar-refractivity contribution in [2.75, 3.05) is 0 Å². The normalized spacial score (nSPS) is 74.4. The molecule has 5 unspecified atom stereocenters. The number of hydrogen-bond donors (Lipinski definition) is 0. The van der Waals surface area contributed by atoms with E-state index in [2.05, 4.69) is 0 Å². The van der Waals surface area contributed by atoms with E-state index in [0.717, 1.165) is 0 Å². The molecular formula is C10H14. The van der Waals surface area contributed by atoms with Crippen molar-refractivity contribution in [3.05, 3.63) is 0 Å². The molecule has 0 nitrogen and oxygen atoms in total. The Labute approximate surface area is 62.0 Å². The third-order valence-electron chi connectivity index (χ3n) is 5.05. The summed E-state index contributed by atoms with van der Waals surface area (Å²) >= 11 is 0. The fraction of sp³-hybridized carbons (Fsp3) is 1.00. The van der Waals surface area contributed by atoms with Gasteiger partial charge in [-0.05, 0) is 61.2 Å². The lowest BCUT2D eigenvalue weighted by Crippen LogP contribution is -2.27. The molecule has 0 heteroatoms. The predicted octanol–water partition coefficient (Wildman–Crippen LogP) is 2.30. The second-order valence-corrected chi connectivity index (χ2v) is 4.96. The van der Waals surface area contributed by atoms with Crippen molar-refractivity contribution in [2.45, 2.75) is 25.7 Å². The average molecular weight is 134 g/mol. The molecule has 0 aromatic rings. The van der Waals surface area contributed by atoms with Gasteiger partial charge in [0.2, 0.25) is 0 Å². The Hall–Kier alpha value is 0. The topological polar surface area (TPSA) is 0 Å². The van der Waals surface area contributed by atoms with Crippen LogP contribution >= 0.6 is 0 Å². The summed E-state index contributed by atoms with van der Waals surface area (Å²) in [4.78, 5) is 0. The standard InChI is InChI=1S/C10H14/c1-2-6-5(1)7-3-4-8-9(6)10(7)8/h5-10H,1-4H2. The van der Waals surface area contributed by atoms with Crippen LogP contribution in [0.15, 0.2) is 0 Å². The van der Waals surface area contributed by atoms with Crippen LogP contribution in [0.2, 0.25) is 0 Å². The fourth-order valence-electron chi connectivity index (χ4n) is 4.66. The number of fused-ring (bicyclic) bond motifs is 4. The Morgan fingerprint density at radius 1 is 0.500 bits per heavy atom. The molecule has 4 fully saturated rings. The Kier molecular flexibility index (Phi) is 0.570. The van der Waals surface area contributed by atoms with Crippen molar-refractivity contribution < 1.29 is 0 Å². The molecule has 4 aliphatic carbocycles. The highest BCUT2D eigenvalue weighted by Gasteiger charge is 2.71. The second kappa shape index (κ2) is 1.19. The molecule has 0 amide bonds. The molecule has 0 bridgehead atoms. The lowest BCUT2D eigenvalue weighted by molar-refractivity contribution is 0.139. The molecular weight excluding hydrogens is 120 g/mol. The second-order valence-electron chi connectivity index (χ2n) is 4.96. The van der Waals surface area contributed by atoms with Gasteiger partial charge in [-0.25, -0.2) is 0 Å². The summed E-state index contributed by atoms with van der Waals surface area (Å²) in [5.74, 6) is 7.55. The molecule has 0 N–H and O–H groups in total. The predicted molar refractivity (Wildman–Crippen MR) is 39.4 cm³/mol. The monoisotopic (exact) mass is 134 g/mol. The first-order valence-corrected chi connectivity index (χ1v) is 4.97. The van der Waals surface area contributed by atoms with E-state index >= 15 is 0 Å². The van der Waals surface area contributed by atoms with Crippen LogP contribution in [0, 0.1) is 35.5 Å². The molecule has 0 aromatic carbocycles. The first-order valence-electron chi connectivity index (χ1n) is 4.97. The summed E-state index contributed by atoms with van der Waals surface area (Å²) in [5.41, 5.74) is 0. The molecule has 0 aromatic heterocycles. The highest BCUT2D eigenvalue weighted by molar-refractivity contribution is 5.19. The molecule has 10 heavy (non-hydrogen) atoms. The first kappa shape index (κ1) is 4.79. The largest absolute Gasteiger partial charge is 0.0496 e. The Morgan fingerprint density at radius 2 is 1.00 bits per heavy atom. The fourth-order valence-corrected chi connectivity index (χ4v) is 4.66. The zero-order valence-corrected chi connectivity index (χ0v) is 6.29. The molecule has 0 radical (unpaired) electrons. The van der Waals surface area contributed by atoms with Gasteiger partial charge in [0.1, 0.15) is 0 Å². The van der Waals surface area contributed by atoms with Crippen molar-refractivity contribution >= 4 is 0 Å². The minimum Gasteiger partial charge on any atom is -0.0496 e. The van der Waals surface area contributed by atoms with Crippen LogP contribution < -0.4 is 0 Å². The molecule has 4 saturated carbocycles. The van der Waals surface area contributed by atoms with Gasteiger partial charge in [0.15, 0.2) is 0 Å². The lowest BCUT2D eigenvalue weighted by Gasteiger charge is -2.35. The van der Waals surface area contributed by atoms with Gasteiger partial charge in [0.25, 0.3) is 0 Å². The Bertz CT molecular complexity index is 177. The van der Waals surface area contributed by atoms with Crippen LogP contribution in [0.3, 0.4) is 0 Å². The SMILES string of the molecule is C1CC2C1C1CCC3C2C13. The lowest BCUT2D eigenvalue weighted by atomic mass is 9.70. The van der Waals surface area contributed by atoms with Gasteiger partial charge < -0.3 is 0 Å². The van der Waals surface area contributed by atoms with Gasteiger partial charge >= 0.3 is 0 Å². The van der Waals surface area contributed by atoms with Crippen molar-refractivity contribution in [1.82, 2.24) is 0 Å². The molecule has 0 spiro atoms. The Morgan fingerprint density at radius 3 is 1.60 bits per heavy atom. The maximum Gasteiger partial charge on any atom is -0.0318 e. The van der Waals surface area contributed by atoms with E-state index in [0.29, 0.717) is 0 Å². The van der Waals surface area contributed by atoms with Crippen molar-refractivity contribution in [2.24, 2.45) is 35.5 Å². The van der Waals surface area contributed by atoms with E-state index in [1.165, 1.54) is 35.5 Å². The van der Waals surface area contributed by atoms with Crippen LogP contribution in [0.4, 0.5) is 0 Å². The van der Waals surface area contributed by atoms with Crippen LogP contribution in [0.25, 0.3) is 0 Å². The van der Waals surface area contributed by atoms with Crippen LogP contribution in [-0.4, -0.2) is 0 Å². The smallest absolute Gasteiger partial charge is 0.0318 e. The van der Waals surface area contributed by atoms with E-state index in [-0.39, 0.29) is 0 Å². The zero-order chi connectivity index (χ0) is 6.29. The highest BCUT2D eigenvalue weighted by atomic mass is 14.8. The molecule has 4 rings (SSSR count). The van der Waals surface area contributed by atoms with Crippen LogP contribution in [-0.2, 0) is 0 Å². The molecule has 0 aliphatic heterocycles. The third-order valence-corrected chi connectivity index (χ3v) is 5.05. The summed E-state index contributed by atoms with van der Waals surface area (Å²) in [6.07, 6.45) is 6.45. The Balaban J connectivity index is 1.83. The molecule has 4 aliphatic rings. The van der Waals surface area contributed by atoms with Crippen LogP contribution in [0.5, 0.6) is 0 Å². The maximum atomic E-state index is 1.62.